The Morgan fingerprint density at radius 1 is 1.15 bits per heavy atom. The molecule has 0 bridgehead atoms. The minimum absolute atomic E-state index is 0.0657. The van der Waals surface area contributed by atoms with Crippen LogP contribution in [0.4, 0.5) is 26.1 Å². The molecule has 3 saturated heterocycles. The largest absolute Gasteiger partial charge is 0.386 e. The molecule has 1 amide bonds. The molecule has 3 aliphatic heterocycles. The number of aromatic nitrogens is 2. The second kappa shape index (κ2) is 13.3. The monoisotopic (exact) mass is 573 g/mol. The first-order valence-corrected chi connectivity index (χ1v) is 14.5. The maximum Gasteiger partial charge on any atom is 0.260 e. The summed E-state index contributed by atoms with van der Waals surface area (Å²) in [5.41, 5.74) is 6.15. The summed E-state index contributed by atoms with van der Waals surface area (Å²) in [4.78, 5) is 27.4. The van der Waals surface area contributed by atoms with E-state index in [2.05, 4.69) is 25.1 Å². The molecule has 3 N–H and O–H groups in total. The highest BCUT2D eigenvalue weighted by Crippen LogP contribution is 2.34. The van der Waals surface area contributed by atoms with Crippen LogP contribution in [0.3, 0.4) is 0 Å². The van der Waals surface area contributed by atoms with Crippen molar-refractivity contribution < 1.29 is 23.0 Å². The summed E-state index contributed by atoms with van der Waals surface area (Å²) in [6.45, 7) is 4.21. The molecule has 10 nitrogen and oxygen atoms in total. The molecule has 3 fully saturated rings. The zero-order chi connectivity index (χ0) is 28.8. The molecule has 0 saturated carbocycles. The lowest BCUT2D eigenvalue weighted by Crippen LogP contribution is -2.55. The van der Waals surface area contributed by atoms with Crippen LogP contribution >= 0.6 is 0 Å². The van der Waals surface area contributed by atoms with Gasteiger partial charge in [0, 0.05) is 89.8 Å². The minimum Gasteiger partial charge on any atom is -0.386 e. The summed E-state index contributed by atoms with van der Waals surface area (Å²) >= 11 is 0. The molecule has 3 aliphatic rings. The van der Waals surface area contributed by atoms with Gasteiger partial charge in [0.05, 0.1) is 17.5 Å². The van der Waals surface area contributed by atoms with E-state index in [0.717, 1.165) is 24.1 Å². The fourth-order valence-electron chi connectivity index (χ4n) is 6.01. The third-order valence-electron chi connectivity index (χ3n) is 8.51. The second-order valence-electron chi connectivity index (χ2n) is 11.2. The first-order chi connectivity index (χ1) is 19.8. The van der Waals surface area contributed by atoms with E-state index in [1.54, 1.807) is 30.4 Å². The smallest absolute Gasteiger partial charge is 0.260 e. The number of nitrogens with one attached hydrogen (secondary N) is 1. The number of rotatable bonds is 9. The number of nitrogens with zero attached hydrogens (tertiary/aromatic N) is 5. The third-order valence-corrected chi connectivity index (χ3v) is 8.51. The summed E-state index contributed by atoms with van der Waals surface area (Å²) in [7, 11) is 1.77. The fourth-order valence-corrected chi connectivity index (χ4v) is 6.01. The highest BCUT2D eigenvalue weighted by atomic mass is 19.1. The summed E-state index contributed by atoms with van der Waals surface area (Å²) in [6.07, 6.45) is 6.81. The van der Waals surface area contributed by atoms with Crippen LogP contribution in [0.5, 0.6) is 0 Å². The number of piperidine rings is 2. The van der Waals surface area contributed by atoms with Gasteiger partial charge in [0.15, 0.2) is 5.67 Å². The van der Waals surface area contributed by atoms with Crippen molar-refractivity contribution in [1.29, 1.82) is 0 Å². The standard InChI is InChI=1S/C29H41F2N7O3/c1-33-25-16-22(30)2-3-26(25)38(20-41-24-6-14-40-15-7-24)23-4-10-37(11-5-23)27(39)29(31)8-12-36(13-9-29)19-21-17-34-28(32)35-18-21/h2-3,16-18,23-24,33H,4-15,19-20H2,1H3,(H2,32,34,35). The van der Waals surface area contributed by atoms with Crippen LogP contribution in [0.1, 0.15) is 44.1 Å². The Balaban J connectivity index is 1.19. The summed E-state index contributed by atoms with van der Waals surface area (Å²) in [5.74, 6) is -0.501. The second-order valence-corrected chi connectivity index (χ2v) is 11.2. The number of anilines is 3. The number of amides is 1. The van der Waals surface area contributed by atoms with Crippen LogP contribution in [0.25, 0.3) is 0 Å². The SMILES string of the molecule is CNc1cc(F)ccc1N(COC1CCOCC1)C1CCN(C(=O)C2(F)CCN(Cc3cnc(N)nc3)CC2)CC1. The Hall–Kier alpha value is -3.09. The summed E-state index contributed by atoms with van der Waals surface area (Å²) in [6, 6.07) is 4.77. The molecule has 1 aromatic heterocycles. The van der Waals surface area contributed by atoms with E-state index in [-0.39, 0.29) is 36.8 Å². The first kappa shape index (κ1) is 29.4. The molecular formula is C29H41F2N7O3. The Bertz CT molecular complexity index is 1150. The van der Waals surface area contributed by atoms with Crippen molar-refractivity contribution in [2.75, 3.05) is 69.1 Å². The zero-order valence-electron chi connectivity index (χ0n) is 23.7. The predicted molar refractivity (Wildman–Crippen MR) is 153 cm³/mol. The van der Waals surface area contributed by atoms with E-state index >= 15 is 4.39 Å². The maximum atomic E-state index is 16.0. The molecule has 0 spiro atoms. The van der Waals surface area contributed by atoms with E-state index in [1.165, 1.54) is 12.1 Å². The third kappa shape index (κ3) is 7.22. The molecule has 2 aromatic rings. The molecule has 0 aliphatic carbocycles. The Morgan fingerprint density at radius 2 is 1.83 bits per heavy atom. The number of carbonyl (C=O) groups excluding carboxylic acids is 1. The van der Waals surface area contributed by atoms with Gasteiger partial charge in [0.2, 0.25) is 5.95 Å². The van der Waals surface area contributed by atoms with Gasteiger partial charge in [-0.1, -0.05) is 0 Å². The average molecular weight is 574 g/mol. The number of nitrogen functional groups attached to an aromatic ring is 1. The van der Waals surface area contributed by atoms with Gasteiger partial charge in [-0.05, 0) is 43.9 Å². The topological polar surface area (TPSA) is 109 Å². The highest BCUT2D eigenvalue weighted by Gasteiger charge is 2.45. The van der Waals surface area contributed by atoms with Gasteiger partial charge >= 0.3 is 0 Å². The number of halogens is 2. The molecular weight excluding hydrogens is 532 g/mol. The van der Waals surface area contributed by atoms with Crippen LogP contribution in [0.15, 0.2) is 30.6 Å². The van der Waals surface area contributed by atoms with Crippen molar-refractivity contribution in [1.82, 2.24) is 19.8 Å². The van der Waals surface area contributed by atoms with E-state index in [4.69, 9.17) is 15.2 Å². The van der Waals surface area contributed by atoms with Gasteiger partial charge in [-0.25, -0.2) is 18.7 Å². The van der Waals surface area contributed by atoms with Gasteiger partial charge in [-0.2, -0.15) is 0 Å². The van der Waals surface area contributed by atoms with Gasteiger partial charge in [-0.3, -0.25) is 9.69 Å². The van der Waals surface area contributed by atoms with Crippen LogP contribution in [0.2, 0.25) is 0 Å². The van der Waals surface area contributed by atoms with E-state index in [1.807, 2.05) is 0 Å². The first-order valence-electron chi connectivity index (χ1n) is 14.5. The number of ether oxygens (including phenoxy) is 2. The zero-order valence-corrected chi connectivity index (χ0v) is 23.7. The van der Waals surface area contributed by atoms with Gasteiger partial charge in [0.1, 0.15) is 12.5 Å². The molecule has 0 atom stereocenters. The van der Waals surface area contributed by atoms with Gasteiger partial charge in [-0.15, -0.1) is 0 Å². The van der Waals surface area contributed by atoms with Crippen molar-refractivity contribution >= 4 is 23.2 Å². The fraction of sp³-hybridized carbons (Fsp3) is 0.621. The number of alkyl halides is 1. The average Bonchev–Trinajstić information content (AvgIpc) is 3.00. The van der Waals surface area contributed by atoms with E-state index in [0.29, 0.717) is 71.2 Å². The summed E-state index contributed by atoms with van der Waals surface area (Å²) < 4.78 is 41.7. The normalized spacial score (nSPS) is 20.6. The number of carbonyl (C=O) groups is 1. The Labute approximate surface area is 240 Å². The number of benzene rings is 1. The van der Waals surface area contributed by atoms with E-state index < -0.39 is 11.6 Å². The molecule has 12 heteroatoms. The van der Waals surface area contributed by atoms with Crippen molar-refractivity contribution in [2.45, 2.75) is 62.9 Å². The van der Waals surface area contributed by atoms with Crippen molar-refractivity contribution in [3.63, 3.8) is 0 Å². The lowest BCUT2D eigenvalue weighted by molar-refractivity contribution is -0.148. The van der Waals surface area contributed by atoms with Crippen LogP contribution < -0.4 is 16.0 Å². The molecule has 0 unspecified atom stereocenters. The highest BCUT2D eigenvalue weighted by molar-refractivity contribution is 5.85. The number of likely N-dealkylation sites (tertiary alicyclic amines) is 2. The number of nitrogens with two attached hydrogens (primary N) is 1. The Kier molecular flexibility index (Phi) is 9.51. The van der Waals surface area contributed by atoms with Crippen molar-refractivity contribution in [2.24, 2.45) is 0 Å². The summed E-state index contributed by atoms with van der Waals surface area (Å²) in [5, 5.41) is 3.10. The molecule has 4 heterocycles. The van der Waals surface area contributed by atoms with Crippen molar-refractivity contribution in [3.05, 3.63) is 42.0 Å². The van der Waals surface area contributed by atoms with Crippen LogP contribution in [0, 0.1) is 5.82 Å². The quantitative estimate of drug-likeness (QED) is 0.437. The van der Waals surface area contributed by atoms with Crippen LogP contribution in [-0.4, -0.2) is 96.7 Å². The van der Waals surface area contributed by atoms with Crippen molar-refractivity contribution in [3.8, 4) is 0 Å². The molecule has 1 aromatic carbocycles. The number of hydrogen-bond acceptors (Lipinski definition) is 9. The lowest BCUT2D eigenvalue weighted by Gasteiger charge is -2.43. The minimum atomic E-state index is -1.86. The lowest BCUT2D eigenvalue weighted by atomic mass is 9.90. The molecule has 5 rings (SSSR count). The van der Waals surface area contributed by atoms with Gasteiger partial charge < -0.3 is 30.3 Å². The van der Waals surface area contributed by atoms with Crippen LogP contribution in [-0.2, 0) is 20.8 Å². The molecule has 224 valence electrons. The predicted octanol–water partition coefficient (Wildman–Crippen LogP) is 3.19. The molecule has 41 heavy (non-hydrogen) atoms. The molecule has 0 radical (unpaired) electrons. The van der Waals surface area contributed by atoms with E-state index in [9.17, 15) is 9.18 Å². The number of hydrogen-bond donors (Lipinski definition) is 2. The van der Waals surface area contributed by atoms with Gasteiger partial charge in [0.25, 0.3) is 5.91 Å². The maximum absolute atomic E-state index is 16.0. The Morgan fingerprint density at radius 3 is 2.49 bits per heavy atom.